The second kappa shape index (κ2) is 7.78. The van der Waals surface area contributed by atoms with E-state index in [4.69, 9.17) is 0 Å². The summed E-state index contributed by atoms with van der Waals surface area (Å²) in [5.74, 6) is -2.89. The summed E-state index contributed by atoms with van der Waals surface area (Å²) in [5, 5.41) is 4.32. The summed E-state index contributed by atoms with van der Waals surface area (Å²) in [6.45, 7) is -0.0612. The summed E-state index contributed by atoms with van der Waals surface area (Å²) < 4.78 is 49.8. The molecule has 25 heavy (non-hydrogen) atoms. The van der Waals surface area contributed by atoms with Crippen molar-refractivity contribution in [2.75, 3.05) is 5.32 Å². The van der Waals surface area contributed by atoms with Crippen molar-refractivity contribution in [3.05, 3.63) is 65.5 Å². The largest absolute Gasteiger partial charge is 0.471 e. The third-order valence-corrected chi connectivity index (χ3v) is 3.28. The molecule has 4 nitrogen and oxygen atoms in total. The predicted octanol–water partition coefficient (Wildman–Crippen LogP) is 3.19. The number of anilines is 1. The van der Waals surface area contributed by atoms with E-state index in [1.165, 1.54) is 42.5 Å². The Morgan fingerprint density at radius 2 is 1.60 bits per heavy atom. The van der Waals surface area contributed by atoms with Crippen LogP contribution in [0.4, 0.5) is 23.2 Å². The molecule has 0 radical (unpaired) electrons. The van der Waals surface area contributed by atoms with E-state index in [1.54, 1.807) is 11.4 Å². The molecule has 2 aromatic carbocycles. The first-order chi connectivity index (χ1) is 11.8. The molecule has 0 saturated heterocycles. The lowest BCUT2D eigenvalue weighted by Crippen LogP contribution is -2.31. The number of nitrogens with one attached hydrogen (secondary N) is 2. The van der Waals surface area contributed by atoms with E-state index < -0.39 is 17.9 Å². The van der Waals surface area contributed by atoms with Crippen LogP contribution in [0.15, 0.2) is 48.5 Å². The van der Waals surface area contributed by atoms with Gasteiger partial charge in [-0.15, -0.1) is 0 Å². The van der Waals surface area contributed by atoms with Crippen molar-refractivity contribution in [3.63, 3.8) is 0 Å². The van der Waals surface area contributed by atoms with Gasteiger partial charge in [0.25, 0.3) is 0 Å². The molecule has 8 heteroatoms. The van der Waals surface area contributed by atoms with E-state index >= 15 is 0 Å². The van der Waals surface area contributed by atoms with Crippen LogP contribution in [0.5, 0.6) is 0 Å². The second-order valence-corrected chi connectivity index (χ2v) is 5.19. The molecule has 2 aromatic rings. The molecule has 0 heterocycles. The molecule has 0 unspecified atom stereocenters. The zero-order valence-corrected chi connectivity index (χ0v) is 12.9. The predicted molar refractivity (Wildman–Crippen MR) is 83.1 cm³/mol. The molecule has 0 aliphatic rings. The van der Waals surface area contributed by atoms with Gasteiger partial charge in [-0.25, -0.2) is 4.39 Å². The molecule has 2 N–H and O–H groups in total. The van der Waals surface area contributed by atoms with Gasteiger partial charge in [-0.1, -0.05) is 30.3 Å². The van der Waals surface area contributed by atoms with E-state index in [0.29, 0.717) is 11.1 Å². The highest BCUT2D eigenvalue weighted by atomic mass is 19.4. The third-order valence-electron chi connectivity index (χ3n) is 3.28. The minimum Gasteiger partial charge on any atom is -0.352 e. The summed E-state index contributed by atoms with van der Waals surface area (Å²) in [7, 11) is 0. The van der Waals surface area contributed by atoms with Crippen molar-refractivity contribution in [1.29, 1.82) is 0 Å². The Balaban J connectivity index is 1.97. The fourth-order valence-electron chi connectivity index (χ4n) is 2.03. The number of halogens is 4. The molecule has 0 bridgehead atoms. The van der Waals surface area contributed by atoms with Gasteiger partial charge in [0.2, 0.25) is 5.91 Å². The molecule has 0 fully saturated rings. The average molecular weight is 354 g/mol. The molecule has 0 spiro atoms. The van der Waals surface area contributed by atoms with Gasteiger partial charge in [-0.3, -0.25) is 9.59 Å². The highest BCUT2D eigenvalue weighted by Crippen LogP contribution is 2.21. The molecule has 2 rings (SSSR count). The van der Waals surface area contributed by atoms with Crippen LogP contribution in [-0.4, -0.2) is 18.0 Å². The number of carbonyl (C=O) groups is 2. The lowest BCUT2D eigenvalue weighted by Gasteiger charge is -2.13. The average Bonchev–Trinajstić information content (AvgIpc) is 2.55. The molecule has 0 aromatic heterocycles. The Bertz CT molecular complexity index is 758. The van der Waals surface area contributed by atoms with Crippen LogP contribution in [-0.2, 0) is 22.6 Å². The fourth-order valence-corrected chi connectivity index (χ4v) is 2.03. The van der Waals surface area contributed by atoms with E-state index in [2.05, 4.69) is 5.32 Å². The number of benzene rings is 2. The summed E-state index contributed by atoms with van der Waals surface area (Å²) in [6, 6.07) is 11.2. The Kier molecular flexibility index (Phi) is 5.74. The quantitative estimate of drug-likeness (QED) is 0.811. The molecule has 132 valence electrons. The molecular weight excluding hydrogens is 340 g/mol. The molecule has 0 aliphatic carbocycles. The Hall–Kier alpha value is -2.90. The maximum absolute atomic E-state index is 12.8. The molecule has 0 atom stereocenters. The van der Waals surface area contributed by atoms with Gasteiger partial charge >= 0.3 is 12.1 Å². The van der Waals surface area contributed by atoms with Crippen molar-refractivity contribution >= 4 is 17.5 Å². The number of rotatable bonds is 5. The highest BCUT2D eigenvalue weighted by molar-refractivity contribution is 5.95. The zero-order chi connectivity index (χ0) is 18.4. The lowest BCUT2D eigenvalue weighted by molar-refractivity contribution is -0.167. The number of alkyl halides is 3. The minimum absolute atomic E-state index is 0.00262. The second-order valence-electron chi connectivity index (χ2n) is 5.19. The van der Waals surface area contributed by atoms with E-state index in [9.17, 15) is 27.2 Å². The maximum atomic E-state index is 12.8. The van der Waals surface area contributed by atoms with Crippen molar-refractivity contribution in [2.45, 2.75) is 19.1 Å². The van der Waals surface area contributed by atoms with Gasteiger partial charge < -0.3 is 10.6 Å². The van der Waals surface area contributed by atoms with Gasteiger partial charge in [0.05, 0.1) is 6.42 Å². The van der Waals surface area contributed by atoms with Crippen LogP contribution >= 0.6 is 0 Å². The van der Waals surface area contributed by atoms with Crippen molar-refractivity contribution in [3.8, 4) is 0 Å². The van der Waals surface area contributed by atoms with E-state index in [0.717, 1.165) is 0 Å². The molecule has 2 amide bonds. The first kappa shape index (κ1) is 18.4. The van der Waals surface area contributed by atoms with Gasteiger partial charge in [0, 0.05) is 12.2 Å². The summed E-state index contributed by atoms with van der Waals surface area (Å²) >= 11 is 0. The van der Waals surface area contributed by atoms with Crippen LogP contribution in [0.25, 0.3) is 0 Å². The lowest BCUT2D eigenvalue weighted by atomic mass is 10.1. The third kappa shape index (κ3) is 5.59. The smallest absolute Gasteiger partial charge is 0.352 e. The Morgan fingerprint density at radius 1 is 0.960 bits per heavy atom. The van der Waals surface area contributed by atoms with Crippen LogP contribution in [0.3, 0.4) is 0 Å². The number of carbonyl (C=O) groups excluding carboxylic acids is 2. The minimum atomic E-state index is -5.00. The topological polar surface area (TPSA) is 58.2 Å². The van der Waals surface area contributed by atoms with E-state index in [-0.39, 0.29) is 24.6 Å². The summed E-state index contributed by atoms with van der Waals surface area (Å²) in [5.41, 5.74) is 0.886. The van der Waals surface area contributed by atoms with E-state index in [1.807, 2.05) is 0 Å². The number of hydrogen-bond donors (Lipinski definition) is 2. The number of amides is 2. The SMILES string of the molecule is O=C(Cc1ccc(F)cc1)NCc1ccccc1NC(=O)C(F)(F)F. The number of para-hydroxylation sites is 1. The first-order valence-corrected chi connectivity index (χ1v) is 7.23. The Labute approximate surface area is 140 Å². The Morgan fingerprint density at radius 3 is 2.24 bits per heavy atom. The summed E-state index contributed by atoms with van der Waals surface area (Å²) in [4.78, 5) is 22.9. The van der Waals surface area contributed by atoms with Crippen molar-refractivity contribution < 1.29 is 27.2 Å². The van der Waals surface area contributed by atoms with Gasteiger partial charge in [0.15, 0.2) is 0 Å². The molecule has 0 saturated carbocycles. The van der Waals surface area contributed by atoms with Crippen LogP contribution in [0.2, 0.25) is 0 Å². The normalized spacial score (nSPS) is 11.0. The zero-order valence-electron chi connectivity index (χ0n) is 12.9. The van der Waals surface area contributed by atoms with Crippen LogP contribution in [0.1, 0.15) is 11.1 Å². The van der Waals surface area contributed by atoms with Gasteiger partial charge in [-0.2, -0.15) is 13.2 Å². The monoisotopic (exact) mass is 354 g/mol. The molecule has 0 aliphatic heterocycles. The van der Waals surface area contributed by atoms with Crippen LogP contribution < -0.4 is 10.6 Å². The van der Waals surface area contributed by atoms with Gasteiger partial charge in [-0.05, 0) is 29.3 Å². The number of hydrogen-bond acceptors (Lipinski definition) is 2. The molecular formula is C17H14F4N2O2. The van der Waals surface area contributed by atoms with Gasteiger partial charge in [0.1, 0.15) is 5.82 Å². The maximum Gasteiger partial charge on any atom is 0.471 e. The van der Waals surface area contributed by atoms with Crippen LogP contribution in [0, 0.1) is 5.82 Å². The summed E-state index contributed by atoms with van der Waals surface area (Å²) in [6.07, 6.45) is -5.00. The van der Waals surface area contributed by atoms with Crippen molar-refractivity contribution in [2.24, 2.45) is 0 Å². The van der Waals surface area contributed by atoms with Crippen molar-refractivity contribution in [1.82, 2.24) is 5.32 Å². The fraction of sp³-hybridized carbons (Fsp3) is 0.176. The first-order valence-electron chi connectivity index (χ1n) is 7.23. The standard InChI is InChI=1S/C17H14F4N2O2/c18-13-7-5-11(6-8-13)9-15(24)22-10-12-3-1-2-4-14(12)23-16(25)17(19,20)21/h1-8H,9-10H2,(H,22,24)(H,23,25). The highest BCUT2D eigenvalue weighted by Gasteiger charge is 2.38.